The lowest BCUT2D eigenvalue weighted by Gasteiger charge is -2.64. The molecular formula is C38H59NO9. The Balaban J connectivity index is 1.06. The van der Waals surface area contributed by atoms with Crippen LogP contribution in [0.15, 0.2) is 11.6 Å². The molecular weight excluding hydrogens is 614 g/mol. The first-order valence-electron chi connectivity index (χ1n) is 18.5. The van der Waals surface area contributed by atoms with Gasteiger partial charge >= 0.3 is 5.97 Å². The van der Waals surface area contributed by atoms with E-state index < -0.39 is 5.97 Å². The number of amides is 1. The van der Waals surface area contributed by atoms with Crippen LogP contribution < -0.4 is 5.32 Å². The number of Topliss-reactive ketones (excluding diaryl/α,β-unsaturated/α-hetero) is 1. The number of fused-ring (bicyclic) bond motifs is 7. The monoisotopic (exact) mass is 673 g/mol. The third-order valence-electron chi connectivity index (χ3n) is 13.3. The Bertz CT molecular complexity index is 1220. The minimum absolute atomic E-state index is 0.0125. The van der Waals surface area contributed by atoms with Crippen molar-refractivity contribution in [3.05, 3.63) is 11.6 Å². The summed E-state index contributed by atoms with van der Waals surface area (Å²) in [6.45, 7) is 12.7. The average Bonchev–Trinajstić information content (AvgIpc) is 3.04. The van der Waals surface area contributed by atoms with E-state index in [1.807, 2.05) is 6.08 Å². The summed E-state index contributed by atoms with van der Waals surface area (Å²) < 4.78 is 21.7. The number of carboxylic acids is 1. The summed E-state index contributed by atoms with van der Waals surface area (Å²) in [5.74, 6) is 0.726. The normalized spacial score (nSPS) is 37.5. The van der Waals surface area contributed by atoms with Gasteiger partial charge in [0, 0.05) is 30.7 Å². The van der Waals surface area contributed by atoms with Crippen LogP contribution in [0.2, 0.25) is 0 Å². The fourth-order valence-corrected chi connectivity index (χ4v) is 10.7. The average molecular weight is 674 g/mol. The predicted octanol–water partition coefficient (Wildman–Crippen LogP) is 5.02. The van der Waals surface area contributed by atoms with E-state index >= 15 is 0 Å². The number of carboxylic acid groups (broad SMARTS) is 1. The zero-order valence-corrected chi connectivity index (χ0v) is 29.7. The summed E-state index contributed by atoms with van der Waals surface area (Å²) in [4.78, 5) is 50.7. The maximum Gasteiger partial charge on any atom is 0.305 e. The van der Waals surface area contributed by atoms with Crippen molar-refractivity contribution in [2.45, 2.75) is 91.9 Å². The lowest BCUT2D eigenvalue weighted by molar-refractivity contribution is -0.164. The van der Waals surface area contributed by atoms with Crippen LogP contribution in [0, 0.1) is 51.8 Å². The minimum atomic E-state index is -0.880. The number of ketones is 2. The summed E-state index contributed by atoms with van der Waals surface area (Å²) in [5.41, 5.74) is 1.24. The lowest BCUT2D eigenvalue weighted by atomic mass is 9.38. The van der Waals surface area contributed by atoms with Crippen LogP contribution in [-0.2, 0) is 38.1 Å². The molecule has 0 aliphatic heterocycles. The molecule has 9 unspecified atom stereocenters. The first-order chi connectivity index (χ1) is 22.9. The van der Waals surface area contributed by atoms with Gasteiger partial charge in [-0.3, -0.25) is 19.2 Å². The summed E-state index contributed by atoms with van der Waals surface area (Å²) in [7, 11) is 0. The molecule has 4 saturated carbocycles. The van der Waals surface area contributed by atoms with Gasteiger partial charge in [-0.15, -0.1) is 0 Å². The van der Waals surface area contributed by atoms with Crippen LogP contribution >= 0.6 is 0 Å². The predicted molar refractivity (Wildman–Crippen MR) is 179 cm³/mol. The number of ether oxygens (including phenoxy) is 4. The van der Waals surface area contributed by atoms with Crippen molar-refractivity contribution in [2.75, 3.05) is 59.4 Å². The Morgan fingerprint density at radius 3 is 2.10 bits per heavy atom. The zero-order valence-electron chi connectivity index (χ0n) is 29.7. The fraction of sp³-hybridized carbons (Fsp3) is 0.842. The number of allylic oxidation sites excluding steroid dienone is 2. The van der Waals surface area contributed by atoms with Crippen molar-refractivity contribution >= 4 is 23.4 Å². The highest BCUT2D eigenvalue weighted by Gasteiger charge is 2.64. The van der Waals surface area contributed by atoms with Crippen molar-refractivity contribution in [2.24, 2.45) is 51.8 Å². The van der Waals surface area contributed by atoms with Gasteiger partial charge in [0.05, 0.1) is 59.3 Å². The summed E-state index contributed by atoms with van der Waals surface area (Å²) in [6, 6.07) is 0. The molecule has 1 amide bonds. The van der Waals surface area contributed by atoms with Crippen molar-refractivity contribution < 1.29 is 43.2 Å². The molecule has 0 saturated heterocycles. The molecule has 10 nitrogen and oxygen atoms in total. The Morgan fingerprint density at radius 2 is 1.44 bits per heavy atom. The number of carbonyl (C=O) groups excluding carboxylic acids is 3. The number of aliphatic carboxylic acids is 1. The lowest BCUT2D eigenvalue weighted by Crippen LogP contribution is -2.61. The Kier molecular flexibility index (Phi) is 12.2. The molecule has 4 fully saturated rings. The van der Waals surface area contributed by atoms with Gasteiger partial charge in [0.25, 0.3) is 0 Å². The van der Waals surface area contributed by atoms with E-state index in [0.717, 1.165) is 51.4 Å². The molecule has 2 N–H and O–H groups in total. The van der Waals surface area contributed by atoms with Gasteiger partial charge in [-0.2, -0.15) is 0 Å². The van der Waals surface area contributed by atoms with Gasteiger partial charge in [0.2, 0.25) is 5.91 Å². The summed E-state index contributed by atoms with van der Waals surface area (Å²) in [6.07, 6.45) is 10.4. The van der Waals surface area contributed by atoms with Crippen LogP contribution in [0.4, 0.5) is 0 Å². The van der Waals surface area contributed by atoms with E-state index in [1.54, 1.807) is 0 Å². The number of hydrogen-bond donors (Lipinski definition) is 2. The van der Waals surface area contributed by atoms with Crippen LogP contribution in [0.3, 0.4) is 0 Å². The third kappa shape index (κ3) is 7.77. The highest BCUT2D eigenvalue weighted by Crippen LogP contribution is 2.69. The molecule has 0 heterocycles. The van der Waals surface area contributed by atoms with Crippen LogP contribution in [-0.4, -0.2) is 87.9 Å². The quantitative estimate of drug-likeness (QED) is 0.216. The number of rotatable bonds is 16. The summed E-state index contributed by atoms with van der Waals surface area (Å²) in [5, 5.41) is 11.7. The molecule has 0 spiro atoms. The van der Waals surface area contributed by atoms with Gasteiger partial charge in [-0.1, -0.05) is 33.3 Å². The van der Waals surface area contributed by atoms with E-state index in [0.29, 0.717) is 76.8 Å². The molecule has 5 rings (SSSR count). The van der Waals surface area contributed by atoms with E-state index in [4.69, 9.17) is 24.1 Å². The first kappa shape index (κ1) is 37.1. The minimum Gasteiger partial charge on any atom is -0.481 e. The third-order valence-corrected chi connectivity index (χ3v) is 13.3. The maximum atomic E-state index is 14.2. The fourth-order valence-electron chi connectivity index (χ4n) is 10.7. The van der Waals surface area contributed by atoms with E-state index in [1.165, 1.54) is 5.57 Å². The highest BCUT2D eigenvalue weighted by atomic mass is 16.6. The second-order valence-corrected chi connectivity index (χ2v) is 16.0. The SMILES string of the molecule is CC1C(=O)CCC2(C)C1CCC1(C)C3CCC4(C)CCC(C(=O)NCCOCCOCCOCCOCCC(=O)O)CC4C3=CC(=O)C12. The Hall–Kier alpha value is -2.14. The largest absolute Gasteiger partial charge is 0.481 e. The zero-order chi connectivity index (χ0) is 34.5. The van der Waals surface area contributed by atoms with Crippen molar-refractivity contribution in [3.8, 4) is 0 Å². The van der Waals surface area contributed by atoms with Crippen LogP contribution in [0.25, 0.3) is 0 Å². The van der Waals surface area contributed by atoms with Gasteiger partial charge < -0.3 is 29.4 Å². The molecule has 0 radical (unpaired) electrons. The molecule has 9 atom stereocenters. The molecule has 5 aliphatic carbocycles. The molecule has 0 aromatic heterocycles. The molecule has 5 aliphatic rings. The second-order valence-electron chi connectivity index (χ2n) is 16.0. The number of carbonyl (C=O) groups is 4. The van der Waals surface area contributed by atoms with Crippen LogP contribution in [0.1, 0.15) is 91.9 Å². The molecule has 270 valence electrons. The molecule has 48 heavy (non-hydrogen) atoms. The standard InChI is InChI=1S/C38H59NO9/c1-25-28-7-12-38(4)29-6-11-36(2)10-5-26(23-30(36)27(29)24-32(41)34(38)37(28,3)13-8-31(25)40)35(44)39-14-16-46-18-20-48-22-21-47-19-17-45-15-9-33(42)43/h24-26,28-30,34H,5-23H2,1-4H3,(H,39,44)(H,42,43). The molecule has 0 aromatic carbocycles. The van der Waals surface area contributed by atoms with Gasteiger partial charge in [0.1, 0.15) is 5.78 Å². The van der Waals surface area contributed by atoms with Gasteiger partial charge in [-0.05, 0) is 91.4 Å². The number of nitrogens with one attached hydrogen (secondary N) is 1. The maximum absolute atomic E-state index is 14.2. The Labute approximate surface area is 286 Å². The van der Waals surface area contributed by atoms with Crippen molar-refractivity contribution in [3.63, 3.8) is 0 Å². The Morgan fingerprint density at radius 1 is 0.812 bits per heavy atom. The van der Waals surface area contributed by atoms with E-state index in [2.05, 4.69) is 33.0 Å². The molecule has 0 bridgehead atoms. The second kappa shape index (κ2) is 15.8. The van der Waals surface area contributed by atoms with Gasteiger partial charge in [0.15, 0.2) is 5.78 Å². The highest BCUT2D eigenvalue weighted by molar-refractivity contribution is 5.96. The smallest absolute Gasteiger partial charge is 0.305 e. The van der Waals surface area contributed by atoms with Crippen LogP contribution in [0.5, 0.6) is 0 Å². The van der Waals surface area contributed by atoms with Crippen molar-refractivity contribution in [1.82, 2.24) is 5.32 Å². The molecule has 10 heteroatoms. The van der Waals surface area contributed by atoms with E-state index in [9.17, 15) is 19.2 Å². The van der Waals surface area contributed by atoms with Crippen molar-refractivity contribution in [1.29, 1.82) is 0 Å². The van der Waals surface area contributed by atoms with E-state index in [-0.39, 0.29) is 64.6 Å². The van der Waals surface area contributed by atoms with Gasteiger partial charge in [-0.25, -0.2) is 0 Å². The first-order valence-corrected chi connectivity index (χ1v) is 18.5. The molecule has 0 aromatic rings. The summed E-state index contributed by atoms with van der Waals surface area (Å²) >= 11 is 0. The topological polar surface area (TPSA) is 137 Å². The number of hydrogen-bond acceptors (Lipinski definition) is 8.